The topological polar surface area (TPSA) is 71.2 Å². The number of hydrogen-bond acceptors (Lipinski definition) is 4. The smallest absolute Gasteiger partial charge is 0.221 e. The molecule has 0 spiro atoms. The first-order chi connectivity index (χ1) is 8.16. The van der Waals surface area contributed by atoms with Gasteiger partial charge in [-0.3, -0.25) is 4.79 Å². The Bertz CT molecular complexity index is 388. The molecule has 0 unspecified atom stereocenters. The highest BCUT2D eigenvalue weighted by Gasteiger charge is 2.14. The monoisotopic (exact) mass is 234 g/mol. The van der Waals surface area contributed by atoms with Gasteiger partial charge in [0, 0.05) is 38.3 Å². The first kappa shape index (κ1) is 11.9. The Morgan fingerprint density at radius 2 is 2.29 bits per heavy atom. The molecule has 0 bridgehead atoms. The molecule has 0 radical (unpaired) electrons. The fourth-order valence-electron chi connectivity index (χ4n) is 1.85. The number of carbonyl (C=O) groups excluding carboxylic acids is 1. The number of rotatable bonds is 2. The van der Waals surface area contributed by atoms with Gasteiger partial charge in [0.2, 0.25) is 5.91 Å². The average molecular weight is 234 g/mol. The highest BCUT2D eigenvalue weighted by atomic mass is 16.1. The van der Waals surface area contributed by atoms with Gasteiger partial charge in [0.1, 0.15) is 5.82 Å². The molecule has 2 heterocycles. The van der Waals surface area contributed by atoms with E-state index in [0.29, 0.717) is 13.0 Å². The van der Waals surface area contributed by atoms with Crippen LogP contribution < -0.4 is 16.0 Å². The summed E-state index contributed by atoms with van der Waals surface area (Å²) in [5.74, 6) is 1.02. The van der Waals surface area contributed by atoms with Gasteiger partial charge in [-0.1, -0.05) is 6.07 Å². The van der Waals surface area contributed by atoms with Crippen molar-refractivity contribution in [3.05, 3.63) is 23.9 Å². The van der Waals surface area contributed by atoms with E-state index in [9.17, 15) is 4.79 Å². The van der Waals surface area contributed by atoms with Crippen LogP contribution >= 0.6 is 0 Å². The third-order valence-corrected chi connectivity index (χ3v) is 2.93. The number of nitrogens with one attached hydrogen (secondary N) is 1. The summed E-state index contributed by atoms with van der Waals surface area (Å²) in [6.07, 6.45) is 2.33. The van der Waals surface area contributed by atoms with Crippen LogP contribution in [-0.2, 0) is 4.79 Å². The van der Waals surface area contributed by atoms with Crippen LogP contribution in [0.5, 0.6) is 0 Å². The van der Waals surface area contributed by atoms with E-state index in [1.807, 2.05) is 19.1 Å². The highest BCUT2D eigenvalue weighted by Crippen LogP contribution is 2.15. The van der Waals surface area contributed by atoms with Crippen molar-refractivity contribution >= 4 is 11.7 Å². The zero-order valence-electron chi connectivity index (χ0n) is 10.0. The summed E-state index contributed by atoms with van der Waals surface area (Å²) in [4.78, 5) is 17.7. The lowest BCUT2D eigenvalue weighted by atomic mass is 10.1. The van der Waals surface area contributed by atoms with Crippen molar-refractivity contribution in [2.24, 2.45) is 5.73 Å². The van der Waals surface area contributed by atoms with Gasteiger partial charge < -0.3 is 16.0 Å². The van der Waals surface area contributed by atoms with Gasteiger partial charge in [-0.25, -0.2) is 4.98 Å². The standard InChI is InChI=1S/C12H18N4O/c1-9(13)10-2-3-11(15-8-10)16-6-4-12(17)14-5-7-16/h2-3,8-9H,4-7,13H2,1H3,(H,14,17)/t9-/m0/s1. The molecule has 1 aromatic heterocycles. The molecule has 0 saturated carbocycles. The fourth-order valence-corrected chi connectivity index (χ4v) is 1.85. The molecule has 92 valence electrons. The summed E-state index contributed by atoms with van der Waals surface area (Å²) in [6.45, 7) is 4.13. The molecule has 3 N–H and O–H groups in total. The van der Waals surface area contributed by atoms with Crippen LogP contribution in [0.1, 0.15) is 24.9 Å². The molecule has 2 rings (SSSR count). The van der Waals surface area contributed by atoms with Gasteiger partial charge >= 0.3 is 0 Å². The lowest BCUT2D eigenvalue weighted by Crippen LogP contribution is -2.29. The second-order valence-corrected chi connectivity index (χ2v) is 4.33. The largest absolute Gasteiger partial charge is 0.354 e. The van der Waals surface area contributed by atoms with E-state index in [1.165, 1.54) is 0 Å². The van der Waals surface area contributed by atoms with Crippen molar-refractivity contribution < 1.29 is 4.79 Å². The van der Waals surface area contributed by atoms with E-state index < -0.39 is 0 Å². The molecule has 17 heavy (non-hydrogen) atoms. The molecule has 5 nitrogen and oxygen atoms in total. The molecule has 1 aliphatic heterocycles. The minimum Gasteiger partial charge on any atom is -0.354 e. The Morgan fingerprint density at radius 3 is 2.94 bits per heavy atom. The molecule has 5 heteroatoms. The summed E-state index contributed by atoms with van der Waals surface area (Å²) < 4.78 is 0. The van der Waals surface area contributed by atoms with E-state index in [4.69, 9.17) is 5.73 Å². The molecule has 1 atom stereocenters. The number of aromatic nitrogens is 1. The zero-order chi connectivity index (χ0) is 12.3. The van der Waals surface area contributed by atoms with Gasteiger partial charge in [0.05, 0.1) is 0 Å². The van der Waals surface area contributed by atoms with Crippen molar-refractivity contribution in [2.75, 3.05) is 24.5 Å². The van der Waals surface area contributed by atoms with Crippen LogP contribution in [0.2, 0.25) is 0 Å². The molecular weight excluding hydrogens is 216 g/mol. The molecule has 0 aromatic carbocycles. The van der Waals surface area contributed by atoms with E-state index in [0.717, 1.165) is 24.5 Å². The molecule has 1 aliphatic rings. The Hall–Kier alpha value is -1.62. The minimum absolute atomic E-state index is 0.00364. The number of amides is 1. The summed E-state index contributed by atoms with van der Waals surface area (Å²) in [5.41, 5.74) is 6.80. The third-order valence-electron chi connectivity index (χ3n) is 2.93. The first-order valence-electron chi connectivity index (χ1n) is 5.90. The third kappa shape index (κ3) is 2.94. The van der Waals surface area contributed by atoms with Crippen LogP contribution in [0.4, 0.5) is 5.82 Å². The van der Waals surface area contributed by atoms with Crippen LogP contribution in [0.25, 0.3) is 0 Å². The number of carbonyl (C=O) groups is 1. The summed E-state index contributed by atoms with van der Waals surface area (Å²) in [7, 11) is 0. The molecule has 1 aromatic rings. The summed E-state index contributed by atoms with van der Waals surface area (Å²) in [6, 6.07) is 3.96. The van der Waals surface area contributed by atoms with E-state index in [2.05, 4.69) is 15.2 Å². The maximum absolute atomic E-state index is 11.2. The van der Waals surface area contributed by atoms with Gasteiger partial charge in [-0.15, -0.1) is 0 Å². The van der Waals surface area contributed by atoms with Gasteiger partial charge in [-0.05, 0) is 18.6 Å². The number of hydrogen-bond donors (Lipinski definition) is 2. The maximum atomic E-state index is 11.2. The predicted molar refractivity (Wildman–Crippen MR) is 66.7 cm³/mol. The van der Waals surface area contributed by atoms with Gasteiger partial charge in [-0.2, -0.15) is 0 Å². The lowest BCUT2D eigenvalue weighted by Gasteiger charge is -2.20. The van der Waals surface area contributed by atoms with Crippen molar-refractivity contribution in [1.29, 1.82) is 0 Å². The number of nitrogens with zero attached hydrogens (tertiary/aromatic N) is 2. The maximum Gasteiger partial charge on any atom is 0.221 e. The molecule has 0 aliphatic carbocycles. The molecule has 1 saturated heterocycles. The lowest BCUT2D eigenvalue weighted by molar-refractivity contribution is -0.120. The Morgan fingerprint density at radius 1 is 1.47 bits per heavy atom. The Labute approximate surface area is 101 Å². The van der Waals surface area contributed by atoms with Crippen LogP contribution in [-0.4, -0.2) is 30.5 Å². The number of nitrogens with two attached hydrogens (primary N) is 1. The predicted octanol–water partition coefficient (Wildman–Crippen LogP) is 0.428. The van der Waals surface area contributed by atoms with E-state index in [1.54, 1.807) is 6.20 Å². The molecule has 1 amide bonds. The van der Waals surface area contributed by atoms with E-state index in [-0.39, 0.29) is 11.9 Å². The van der Waals surface area contributed by atoms with Crippen molar-refractivity contribution in [1.82, 2.24) is 10.3 Å². The van der Waals surface area contributed by atoms with Gasteiger partial charge in [0.25, 0.3) is 0 Å². The Balaban J connectivity index is 2.08. The second kappa shape index (κ2) is 5.14. The van der Waals surface area contributed by atoms with Crippen molar-refractivity contribution in [3.8, 4) is 0 Å². The fraction of sp³-hybridized carbons (Fsp3) is 0.500. The minimum atomic E-state index is 0.00364. The van der Waals surface area contributed by atoms with Crippen molar-refractivity contribution in [2.45, 2.75) is 19.4 Å². The first-order valence-corrected chi connectivity index (χ1v) is 5.90. The van der Waals surface area contributed by atoms with Crippen molar-refractivity contribution in [3.63, 3.8) is 0 Å². The SMILES string of the molecule is C[C@H](N)c1ccc(N2CCNC(=O)CC2)nc1. The molecular formula is C12H18N4O. The Kier molecular flexibility index (Phi) is 3.58. The molecule has 1 fully saturated rings. The number of pyridine rings is 1. The van der Waals surface area contributed by atoms with Crippen LogP contribution in [0.15, 0.2) is 18.3 Å². The second-order valence-electron chi connectivity index (χ2n) is 4.33. The van der Waals surface area contributed by atoms with E-state index >= 15 is 0 Å². The summed E-state index contributed by atoms with van der Waals surface area (Å²) in [5, 5.41) is 2.85. The van der Waals surface area contributed by atoms with Crippen LogP contribution in [0.3, 0.4) is 0 Å². The summed E-state index contributed by atoms with van der Waals surface area (Å²) >= 11 is 0. The average Bonchev–Trinajstić information content (AvgIpc) is 2.54. The quantitative estimate of drug-likeness (QED) is 0.778. The highest BCUT2D eigenvalue weighted by molar-refractivity contribution is 5.77. The number of anilines is 1. The van der Waals surface area contributed by atoms with Crippen LogP contribution in [0, 0.1) is 0 Å². The van der Waals surface area contributed by atoms with Gasteiger partial charge in [0.15, 0.2) is 0 Å². The normalized spacial score (nSPS) is 18.5. The zero-order valence-corrected chi connectivity index (χ0v) is 10.0.